The van der Waals surface area contributed by atoms with Crippen LogP contribution in [0.5, 0.6) is 5.75 Å². The normalized spacial score (nSPS) is 11.5. The standard InChI is InChI=1S/C19H20BrNO4/c1-13-8-9-17(16(20)10-13)24-12-19(23)25-11-18(22)21-14(2)15-6-4-3-5-7-15/h3-10,14H,11-12H2,1-2H3,(H,21,22)/t14-/m0/s1. The predicted molar refractivity (Wildman–Crippen MR) is 98.3 cm³/mol. The molecule has 0 saturated carbocycles. The number of rotatable bonds is 7. The van der Waals surface area contributed by atoms with Crippen molar-refractivity contribution in [3.05, 3.63) is 64.1 Å². The first-order valence-electron chi connectivity index (χ1n) is 7.84. The Balaban J connectivity index is 1.73. The Labute approximate surface area is 155 Å². The summed E-state index contributed by atoms with van der Waals surface area (Å²) >= 11 is 3.37. The van der Waals surface area contributed by atoms with Crippen LogP contribution in [0.25, 0.3) is 0 Å². The number of amides is 1. The van der Waals surface area contributed by atoms with Crippen LogP contribution in [0.1, 0.15) is 24.1 Å². The predicted octanol–water partition coefficient (Wildman–Crippen LogP) is 3.56. The van der Waals surface area contributed by atoms with Crippen LogP contribution < -0.4 is 10.1 Å². The number of esters is 1. The summed E-state index contributed by atoms with van der Waals surface area (Å²) in [5.41, 5.74) is 2.06. The molecule has 0 radical (unpaired) electrons. The number of hydrogen-bond acceptors (Lipinski definition) is 4. The van der Waals surface area contributed by atoms with Gasteiger partial charge in [-0.2, -0.15) is 0 Å². The molecular formula is C19H20BrNO4. The van der Waals surface area contributed by atoms with Crippen LogP contribution in [0.4, 0.5) is 0 Å². The van der Waals surface area contributed by atoms with Gasteiger partial charge in [-0.1, -0.05) is 36.4 Å². The molecule has 0 aliphatic carbocycles. The second-order valence-electron chi connectivity index (χ2n) is 5.58. The minimum atomic E-state index is -0.602. The van der Waals surface area contributed by atoms with Crippen LogP contribution in [0, 0.1) is 6.92 Å². The fraction of sp³-hybridized carbons (Fsp3) is 0.263. The zero-order valence-electron chi connectivity index (χ0n) is 14.1. The number of halogens is 1. The summed E-state index contributed by atoms with van der Waals surface area (Å²) < 4.78 is 11.1. The van der Waals surface area contributed by atoms with Crippen molar-refractivity contribution < 1.29 is 19.1 Å². The molecule has 0 heterocycles. The molecule has 0 aliphatic heterocycles. The highest BCUT2D eigenvalue weighted by atomic mass is 79.9. The number of nitrogens with one attached hydrogen (secondary N) is 1. The van der Waals surface area contributed by atoms with Crippen LogP contribution >= 0.6 is 15.9 Å². The van der Waals surface area contributed by atoms with Gasteiger partial charge in [0.15, 0.2) is 13.2 Å². The molecule has 5 nitrogen and oxygen atoms in total. The maximum absolute atomic E-state index is 11.9. The Morgan fingerprint density at radius 2 is 1.84 bits per heavy atom. The summed E-state index contributed by atoms with van der Waals surface area (Å²) in [5.74, 6) is -0.416. The largest absolute Gasteiger partial charge is 0.481 e. The molecule has 0 aromatic heterocycles. The van der Waals surface area contributed by atoms with Crippen molar-refractivity contribution in [3.63, 3.8) is 0 Å². The van der Waals surface area contributed by atoms with Crippen LogP contribution in [0.3, 0.4) is 0 Å². The van der Waals surface area contributed by atoms with E-state index in [0.717, 1.165) is 15.6 Å². The second kappa shape index (κ2) is 9.22. The van der Waals surface area contributed by atoms with E-state index >= 15 is 0 Å². The van der Waals surface area contributed by atoms with Gasteiger partial charge in [-0.3, -0.25) is 4.79 Å². The highest BCUT2D eigenvalue weighted by Gasteiger charge is 2.12. The molecule has 6 heteroatoms. The molecule has 1 atom stereocenters. The fourth-order valence-corrected chi connectivity index (χ4v) is 2.76. The Bertz CT molecular complexity index is 733. The van der Waals surface area contributed by atoms with Gasteiger partial charge in [0.05, 0.1) is 10.5 Å². The Kier molecular flexibility index (Phi) is 7.01. The summed E-state index contributed by atoms with van der Waals surface area (Å²) in [6, 6.07) is 14.9. The van der Waals surface area contributed by atoms with Crippen molar-refractivity contribution in [3.8, 4) is 5.75 Å². The van der Waals surface area contributed by atoms with Gasteiger partial charge in [0.2, 0.25) is 0 Å². The Hall–Kier alpha value is -2.34. The van der Waals surface area contributed by atoms with Gasteiger partial charge in [0, 0.05) is 0 Å². The van der Waals surface area contributed by atoms with Crippen molar-refractivity contribution in [2.75, 3.05) is 13.2 Å². The van der Waals surface area contributed by atoms with E-state index in [1.54, 1.807) is 6.07 Å². The van der Waals surface area contributed by atoms with E-state index in [1.165, 1.54) is 0 Å². The smallest absolute Gasteiger partial charge is 0.344 e. The summed E-state index contributed by atoms with van der Waals surface area (Å²) in [4.78, 5) is 23.6. The number of hydrogen-bond donors (Lipinski definition) is 1. The topological polar surface area (TPSA) is 64.6 Å². The molecule has 1 N–H and O–H groups in total. The average molecular weight is 406 g/mol. The molecule has 2 aromatic rings. The third kappa shape index (κ3) is 6.23. The van der Waals surface area contributed by atoms with Crippen molar-refractivity contribution in [2.24, 2.45) is 0 Å². The first-order chi connectivity index (χ1) is 12.0. The zero-order chi connectivity index (χ0) is 18.2. The third-order valence-electron chi connectivity index (χ3n) is 3.47. The molecular weight excluding hydrogens is 386 g/mol. The number of aryl methyl sites for hydroxylation is 1. The molecule has 1 amide bonds. The molecule has 0 spiro atoms. The van der Waals surface area contributed by atoms with Gasteiger partial charge in [-0.15, -0.1) is 0 Å². The Morgan fingerprint density at radius 3 is 2.52 bits per heavy atom. The summed E-state index contributed by atoms with van der Waals surface area (Å²) in [5, 5.41) is 2.78. The molecule has 0 bridgehead atoms. The molecule has 0 saturated heterocycles. The number of carbonyl (C=O) groups is 2. The number of benzene rings is 2. The highest BCUT2D eigenvalue weighted by Crippen LogP contribution is 2.25. The minimum Gasteiger partial charge on any atom is -0.481 e. The molecule has 2 aromatic carbocycles. The van der Waals surface area contributed by atoms with E-state index in [4.69, 9.17) is 9.47 Å². The first-order valence-corrected chi connectivity index (χ1v) is 8.64. The molecule has 0 unspecified atom stereocenters. The van der Waals surface area contributed by atoms with Crippen LogP contribution in [0.2, 0.25) is 0 Å². The van der Waals surface area contributed by atoms with Crippen molar-refractivity contribution in [1.82, 2.24) is 5.32 Å². The molecule has 132 valence electrons. The van der Waals surface area contributed by atoms with Crippen LogP contribution in [0.15, 0.2) is 53.0 Å². The zero-order valence-corrected chi connectivity index (χ0v) is 15.7. The van der Waals surface area contributed by atoms with Gasteiger partial charge in [0.25, 0.3) is 5.91 Å². The van der Waals surface area contributed by atoms with Gasteiger partial charge in [0.1, 0.15) is 5.75 Å². The van der Waals surface area contributed by atoms with E-state index < -0.39 is 5.97 Å². The van der Waals surface area contributed by atoms with Crippen LogP contribution in [-0.2, 0) is 14.3 Å². The molecule has 0 aliphatic rings. The number of ether oxygens (including phenoxy) is 2. The summed E-state index contributed by atoms with van der Waals surface area (Å²) in [6.07, 6.45) is 0. The maximum atomic E-state index is 11.9. The highest BCUT2D eigenvalue weighted by molar-refractivity contribution is 9.10. The maximum Gasteiger partial charge on any atom is 0.344 e. The van der Waals surface area contributed by atoms with Gasteiger partial charge in [-0.05, 0) is 53.0 Å². The molecule has 0 fully saturated rings. The van der Waals surface area contributed by atoms with Gasteiger partial charge < -0.3 is 14.8 Å². The molecule has 2 rings (SSSR count). The summed E-state index contributed by atoms with van der Waals surface area (Å²) in [7, 11) is 0. The van der Waals surface area contributed by atoms with Crippen LogP contribution in [-0.4, -0.2) is 25.1 Å². The SMILES string of the molecule is Cc1ccc(OCC(=O)OCC(=O)N[C@@H](C)c2ccccc2)c(Br)c1. The third-order valence-corrected chi connectivity index (χ3v) is 4.09. The lowest BCUT2D eigenvalue weighted by atomic mass is 10.1. The lowest BCUT2D eigenvalue weighted by Crippen LogP contribution is -2.31. The number of carbonyl (C=O) groups excluding carboxylic acids is 2. The monoisotopic (exact) mass is 405 g/mol. The van der Waals surface area contributed by atoms with Gasteiger partial charge in [-0.25, -0.2) is 4.79 Å². The first kappa shape index (κ1) is 19.0. The van der Waals surface area contributed by atoms with E-state index in [1.807, 2.05) is 56.3 Å². The van der Waals surface area contributed by atoms with Crippen molar-refractivity contribution in [2.45, 2.75) is 19.9 Å². The molecule has 25 heavy (non-hydrogen) atoms. The second-order valence-corrected chi connectivity index (χ2v) is 6.44. The Morgan fingerprint density at radius 1 is 1.12 bits per heavy atom. The van der Waals surface area contributed by atoms with E-state index in [9.17, 15) is 9.59 Å². The average Bonchev–Trinajstić information content (AvgIpc) is 2.60. The van der Waals surface area contributed by atoms with Gasteiger partial charge >= 0.3 is 5.97 Å². The van der Waals surface area contributed by atoms with Crippen molar-refractivity contribution >= 4 is 27.8 Å². The van der Waals surface area contributed by atoms with Crippen molar-refractivity contribution in [1.29, 1.82) is 0 Å². The minimum absolute atomic E-state index is 0.160. The quantitative estimate of drug-likeness (QED) is 0.715. The van der Waals surface area contributed by atoms with E-state index in [-0.39, 0.29) is 25.2 Å². The summed E-state index contributed by atoms with van der Waals surface area (Å²) in [6.45, 7) is 3.22. The lowest BCUT2D eigenvalue weighted by Gasteiger charge is -2.14. The van der Waals surface area contributed by atoms with E-state index in [0.29, 0.717) is 5.75 Å². The van der Waals surface area contributed by atoms with E-state index in [2.05, 4.69) is 21.2 Å². The lowest BCUT2D eigenvalue weighted by molar-refractivity contribution is -0.150. The fourth-order valence-electron chi connectivity index (χ4n) is 2.16.